The Morgan fingerprint density at radius 3 is 2.45 bits per heavy atom. The first-order valence-corrected chi connectivity index (χ1v) is 7.39. The van der Waals surface area contributed by atoms with E-state index in [2.05, 4.69) is 6.92 Å². The molecule has 0 saturated heterocycles. The van der Waals surface area contributed by atoms with Crippen LogP contribution in [0.3, 0.4) is 0 Å². The van der Waals surface area contributed by atoms with E-state index in [9.17, 15) is 9.59 Å². The molecule has 0 aromatic carbocycles. The van der Waals surface area contributed by atoms with Crippen molar-refractivity contribution in [3.8, 4) is 0 Å². The molecule has 0 aliphatic carbocycles. The molecule has 0 unspecified atom stereocenters. The van der Waals surface area contributed by atoms with Crippen molar-refractivity contribution in [2.24, 2.45) is 0 Å². The molecule has 0 rings (SSSR count). The summed E-state index contributed by atoms with van der Waals surface area (Å²) in [5, 5.41) is 8.46. The average molecular weight is 278 g/mol. The highest BCUT2D eigenvalue weighted by atomic mass is 16.4. The fourth-order valence-corrected chi connectivity index (χ4v) is 1.62. The number of hydrogen-bond donors (Lipinski definition) is 1. The number of aliphatic carboxylic acids is 1. The molecule has 0 aromatic rings. The molecule has 0 radical (unpaired) electrons. The van der Waals surface area contributed by atoms with Gasteiger partial charge in [0.15, 0.2) is 5.78 Å². The Morgan fingerprint density at radius 1 is 0.950 bits per heavy atom. The summed E-state index contributed by atoms with van der Waals surface area (Å²) >= 11 is 0. The van der Waals surface area contributed by atoms with E-state index in [0.29, 0.717) is 12.8 Å². The molecule has 0 spiro atoms. The molecule has 112 valence electrons. The number of rotatable bonds is 12. The summed E-state index contributed by atoms with van der Waals surface area (Å²) < 4.78 is 0. The Labute approximate surface area is 122 Å². The normalized spacial score (nSPS) is 11.8. The summed E-state index contributed by atoms with van der Waals surface area (Å²) in [4.78, 5) is 21.7. The molecule has 0 aromatic heterocycles. The zero-order valence-corrected chi connectivity index (χ0v) is 12.4. The van der Waals surface area contributed by atoms with Crippen LogP contribution in [-0.4, -0.2) is 16.9 Å². The molecule has 0 atom stereocenters. The van der Waals surface area contributed by atoms with Gasteiger partial charge in [-0.05, 0) is 31.8 Å². The molecule has 3 nitrogen and oxygen atoms in total. The Balaban J connectivity index is 3.57. The summed E-state index contributed by atoms with van der Waals surface area (Å²) in [6.07, 6.45) is 17.6. The zero-order chi connectivity index (χ0) is 15.1. The molecule has 0 heterocycles. The topological polar surface area (TPSA) is 54.4 Å². The smallest absolute Gasteiger partial charge is 0.303 e. The van der Waals surface area contributed by atoms with Crippen molar-refractivity contribution in [3.05, 3.63) is 36.5 Å². The van der Waals surface area contributed by atoms with Crippen molar-refractivity contribution in [1.82, 2.24) is 0 Å². The lowest BCUT2D eigenvalue weighted by atomic mass is 10.1. The zero-order valence-electron chi connectivity index (χ0n) is 12.4. The van der Waals surface area contributed by atoms with Gasteiger partial charge in [0.2, 0.25) is 0 Å². The van der Waals surface area contributed by atoms with Crippen LogP contribution in [0.1, 0.15) is 58.3 Å². The minimum absolute atomic E-state index is 0.187. The highest BCUT2D eigenvalue weighted by molar-refractivity contribution is 5.89. The number of ketones is 1. The van der Waals surface area contributed by atoms with Crippen LogP contribution in [0, 0.1) is 0 Å². The maximum Gasteiger partial charge on any atom is 0.303 e. The van der Waals surface area contributed by atoms with E-state index in [1.807, 2.05) is 24.3 Å². The van der Waals surface area contributed by atoms with Crippen molar-refractivity contribution in [2.45, 2.75) is 58.3 Å². The number of carboxylic acids is 1. The van der Waals surface area contributed by atoms with Crippen LogP contribution in [0.5, 0.6) is 0 Å². The largest absolute Gasteiger partial charge is 0.481 e. The van der Waals surface area contributed by atoms with Crippen LogP contribution in [-0.2, 0) is 9.59 Å². The molecule has 0 amide bonds. The number of hydrogen-bond acceptors (Lipinski definition) is 2. The summed E-state index contributed by atoms with van der Waals surface area (Å²) in [6.45, 7) is 2.12. The molecule has 0 aliphatic heterocycles. The van der Waals surface area contributed by atoms with Gasteiger partial charge in [0.05, 0.1) is 0 Å². The van der Waals surface area contributed by atoms with Crippen LogP contribution in [0.25, 0.3) is 0 Å². The number of allylic oxidation sites excluding steroid dienone is 6. The Hall–Kier alpha value is -1.64. The first-order chi connectivity index (χ1) is 9.66. The number of unbranched alkanes of at least 4 members (excludes halogenated alkanes) is 3. The molecule has 1 N–H and O–H groups in total. The van der Waals surface area contributed by atoms with Crippen LogP contribution in [0.4, 0.5) is 0 Å². The predicted molar refractivity (Wildman–Crippen MR) is 82.7 cm³/mol. The van der Waals surface area contributed by atoms with Gasteiger partial charge in [-0.15, -0.1) is 0 Å². The van der Waals surface area contributed by atoms with Crippen molar-refractivity contribution in [3.63, 3.8) is 0 Å². The molecule has 0 aliphatic rings. The highest BCUT2D eigenvalue weighted by Crippen LogP contribution is 2.01. The van der Waals surface area contributed by atoms with Gasteiger partial charge in [-0.3, -0.25) is 9.59 Å². The number of carbonyl (C=O) groups is 2. The van der Waals surface area contributed by atoms with E-state index in [0.717, 1.165) is 32.1 Å². The van der Waals surface area contributed by atoms with Crippen molar-refractivity contribution < 1.29 is 14.7 Å². The summed E-state index contributed by atoms with van der Waals surface area (Å²) in [7, 11) is 0. The van der Waals surface area contributed by atoms with Crippen molar-refractivity contribution >= 4 is 11.8 Å². The van der Waals surface area contributed by atoms with Crippen LogP contribution < -0.4 is 0 Å². The van der Waals surface area contributed by atoms with E-state index in [-0.39, 0.29) is 12.2 Å². The minimum atomic E-state index is -0.743. The fraction of sp³-hybridized carbons (Fsp3) is 0.529. The van der Waals surface area contributed by atoms with Crippen LogP contribution in [0.2, 0.25) is 0 Å². The molecular weight excluding hydrogens is 252 g/mol. The monoisotopic (exact) mass is 278 g/mol. The molecule has 0 fully saturated rings. The third-order valence-electron chi connectivity index (χ3n) is 2.76. The van der Waals surface area contributed by atoms with Gasteiger partial charge < -0.3 is 5.11 Å². The SMILES string of the molecule is CCCCCC(=O)/C=C/C=C/C/C=C/CCCC(=O)O. The van der Waals surface area contributed by atoms with Gasteiger partial charge in [0.1, 0.15) is 0 Å². The minimum Gasteiger partial charge on any atom is -0.481 e. The predicted octanol–water partition coefficient (Wildman–Crippen LogP) is 4.45. The van der Waals surface area contributed by atoms with Gasteiger partial charge in [-0.25, -0.2) is 0 Å². The van der Waals surface area contributed by atoms with Crippen molar-refractivity contribution in [1.29, 1.82) is 0 Å². The second kappa shape index (κ2) is 13.8. The van der Waals surface area contributed by atoms with Gasteiger partial charge in [0.25, 0.3) is 0 Å². The Bertz CT molecular complexity index is 351. The van der Waals surface area contributed by atoms with Gasteiger partial charge in [-0.1, -0.05) is 50.1 Å². The first-order valence-electron chi connectivity index (χ1n) is 7.39. The van der Waals surface area contributed by atoms with Crippen LogP contribution >= 0.6 is 0 Å². The average Bonchev–Trinajstić information content (AvgIpc) is 2.41. The van der Waals surface area contributed by atoms with Gasteiger partial charge in [0, 0.05) is 12.8 Å². The standard InChI is InChI=1S/C17H26O3/c1-2-3-10-13-16(18)14-11-8-6-4-5-7-9-12-15-17(19)20/h5-8,11,14H,2-4,9-10,12-13,15H2,1H3,(H,19,20)/b7-5+,8-6+,14-11+. The molecule has 3 heteroatoms. The maximum absolute atomic E-state index is 11.4. The Kier molecular flexibility index (Phi) is 12.7. The molecule has 0 saturated carbocycles. The van der Waals surface area contributed by atoms with Crippen LogP contribution in [0.15, 0.2) is 36.5 Å². The van der Waals surface area contributed by atoms with E-state index >= 15 is 0 Å². The second-order valence-electron chi connectivity index (χ2n) is 4.70. The third kappa shape index (κ3) is 14.4. The van der Waals surface area contributed by atoms with E-state index in [4.69, 9.17) is 5.11 Å². The lowest BCUT2D eigenvalue weighted by molar-refractivity contribution is -0.137. The quantitative estimate of drug-likeness (QED) is 0.248. The molecule has 20 heavy (non-hydrogen) atoms. The van der Waals surface area contributed by atoms with Gasteiger partial charge in [-0.2, -0.15) is 0 Å². The molecule has 0 bridgehead atoms. The Morgan fingerprint density at radius 2 is 1.75 bits per heavy atom. The van der Waals surface area contributed by atoms with E-state index in [1.54, 1.807) is 12.2 Å². The highest BCUT2D eigenvalue weighted by Gasteiger charge is 1.94. The van der Waals surface area contributed by atoms with Gasteiger partial charge >= 0.3 is 5.97 Å². The number of carbonyl (C=O) groups excluding carboxylic acids is 1. The summed E-state index contributed by atoms with van der Waals surface area (Å²) in [6, 6.07) is 0. The van der Waals surface area contributed by atoms with Crippen molar-refractivity contribution in [2.75, 3.05) is 0 Å². The summed E-state index contributed by atoms with van der Waals surface area (Å²) in [5.41, 5.74) is 0. The van der Waals surface area contributed by atoms with E-state index in [1.165, 1.54) is 0 Å². The second-order valence-corrected chi connectivity index (χ2v) is 4.70. The lowest BCUT2D eigenvalue weighted by Gasteiger charge is -1.92. The summed E-state index contributed by atoms with van der Waals surface area (Å²) in [5.74, 6) is -0.556. The molecular formula is C17H26O3. The fourth-order valence-electron chi connectivity index (χ4n) is 1.62. The maximum atomic E-state index is 11.4. The first kappa shape index (κ1) is 18.4. The lowest BCUT2D eigenvalue weighted by Crippen LogP contribution is -1.92. The number of carboxylic acid groups (broad SMARTS) is 1. The van der Waals surface area contributed by atoms with E-state index < -0.39 is 5.97 Å². The third-order valence-corrected chi connectivity index (χ3v) is 2.76.